The number of rotatable bonds is 6. The van der Waals surface area contributed by atoms with Crippen molar-refractivity contribution < 1.29 is 0 Å². The van der Waals surface area contributed by atoms with Crippen molar-refractivity contribution in [2.24, 2.45) is 10.9 Å². The summed E-state index contributed by atoms with van der Waals surface area (Å²) in [5.74, 6) is 2.90. The highest BCUT2D eigenvalue weighted by Crippen LogP contribution is 2.62. The number of aromatic nitrogens is 3. The lowest BCUT2D eigenvalue weighted by Gasteiger charge is -2.25. The molecule has 1 saturated carbocycles. The summed E-state index contributed by atoms with van der Waals surface area (Å²) in [4.78, 5) is 20.4. The molecule has 12 rings (SSSR count). The van der Waals surface area contributed by atoms with Crippen LogP contribution in [0.2, 0.25) is 0 Å². The van der Waals surface area contributed by atoms with E-state index in [1.165, 1.54) is 72.5 Å². The van der Waals surface area contributed by atoms with Crippen LogP contribution < -0.4 is 0 Å². The van der Waals surface area contributed by atoms with E-state index in [2.05, 4.69) is 115 Å². The van der Waals surface area contributed by atoms with Gasteiger partial charge in [-0.05, 0) is 80.1 Å². The fourth-order valence-corrected chi connectivity index (χ4v) is 9.90. The molecular weight excluding hydrogens is 705 g/mol. The van der Waals surface area contributed by atoms with Gasteiger partial charge >= 0.3 is 0 Å². The monoisotopic (exact) mass is 742 g/mol. The van der Waals surface area contributed by atoms with Crippen molar-refractivity contribution in [3.8, 4) is 56.4 Å². The van der Waals surface area contributed by atoms with Crippen LogP contribution in [-0.2, 0) is 19.3 Å². The summed E-state index contributed by atoms with van der Waals surface area (Å²) in [6, 6.07) is 63.4. The van der Waals surface area contributed by atoms with Gasteiger partial charge in [0, 0.05) is 40.5 Å². The molecule has 0 N–H and O–H groups in total. The highest BCUT2D eigenvalue weighted by Gasteiger charge is 2.57. The second kappa shape index (κ2) is 13.3. The first kappa shape index (κ1) is 33.1. The third-order valence-electron chi connectivity index (χ3n) is 12.7. The topological polar surface area (TPSA) is 51.0 Å². The molecule has 3 aliphatic carbocycles. The molecule has 0 saturated heterocycles. The van der Waals surface area contributed by atoms with Gasteiger partial charge in [0.05, 0.1) is 11.8 Å². The number of allylic oxidation sites excluding steroid dienone is 1. The van der Waals surface area contributed by atoms with Crippen molar-refractivity contribution >= 4 is 11.3 Å². The summed E-state index contributed by atoms with van der Waals surface area (Å²) in [6.45, 7) is 0. The van der Waals surface area contributed by atoms with Crippen LogP contribution in [0, 0.1) is 5.92 Å². The van der Waals surface area contributed by atoms with Gasteiger partial charge in [0.1, 0.15) is 0 Å². The van der Waals surface area contributed by atoms with Gasteiger partial charge in [-0.25, -0.2) is 15.0 Å². The summed E-state index contributed by atoms with van der Waals surface area (Å²) in [7, 11) is 0. The summed E-state index contributed by atoms with van der Waals surface area (Å²) >= 11 is 0. The Hall–Kier alpha value is -7.04. The van der Waals surface area contributed by atoms with Crippen molar-refractivity contribution in [1.29, 1.82) is 0 Å². The number of nitrogens with zero attached hydrogens (tertiary/aromatic N) is 4. The van der Waals surface area contributed by atoms with Crippen LogP contribution in [0.5, 0.6) is 0 Å². The maximum Gasteiger partial charge on any atom is 0.164 e. The number of fused-ring (bicyclic) bond motifs is 7. The second-order valence-corrected chi connectivity index (χ2v) is 16.0. The van der Waals surface area contributed by atoms with Crippen LogP contribution in [0.25, 0.3) is 62.0 Å². The molecule has 8 aromatic rings. The van der Waals surface area contributed by atoms with Crippen LogP contribution >= 0.6 is 0 Å². The van der Waals surface area contributed by atoms with E-state index in [1.807, 2.05) is 60.7 Å². The summed E-state index contributed by atoms with van der Waals surface area (Å²) in [6.07, 6.45) is 2.99. The van der Waals surface area contributed by atoms with Crippen molar-refractivity contribution in [2.45, 2.75) is 31.2 Å². The smallest absolute Gasteiger partial charge is 0.164 e. The first-order valence-corrected chi connectivity index (χ1v) is 20.4. The molecule has 3 atom stereocenters. The standard InChI is InChI=1S/C54H38N4/c1-4-13-34(14-5-1)47-49-48-43-21-11-10-19-39(43)32-45(48)50(55-51(47)49)41-29-30-44-40(31-41)28-25-35-20-12-22-42(46(35)44)33-23-26-38(27-24-33)54-57-52(36-15-6-2-7-16-36)56-53(58-54)37-17-8-3-9-18-37/h1-24,26-27,29-31,47,49,51H,25,28,32H2. The van der Waals surface area contributed by atoms with E-state index in [-0.39, 0.29) is 0 Å². The molecule has 1 aromatic heterocycles. The fourth-order valence-electron chi connectivity index (χ4n) is 9.90. The molecule has 4 nitrogen and oxygen atoms in total. The second-order valence-electron chi connectivity index (χ2n) is 16.0. The molecule has 274 valence electrons. The van der Waals surface area contributed by atoms with Gasteiger partial charge in [-0.2, -0.15) is 0 Å². The van der Waals surface area contributed by atoms with E-state index < -0.39 is 0 Å². The molecular formula is C54H38N4. The zero-order valence-corrected chi connectivity index (χ0v) is 31.9. The average molecular weight is 743 g/mol. The van der Waals surface area contributed by atoms with E-state index in [0.717, 1.165) is 36.0 Å². The first-order chi connectivity index (χ1) is 28.7. The molecule has 0 bridgehead atoms. The molecule has 4 aliphatic rings. The van der Waals surface area contributed by atoms with Gasteiger partial charge in [0.2, 0.25) is 0 Å². The Morgan fingerprint density at radius 1 is 0.397 bits per heavy atom. The summed E-state index contributed by atoms with van der Waals surface area (Å²) in [5, 5.41) is 0. The predicted octanol–water partition coefficient (Wildman–Crippen LogP) is 11.9. The van der Waals surface area contributed by atoms with E-state index in [4.69, 9.17) is 19.9 Å². The maximum atomic E-state index is 5.59. The molecule has 0 radical (unpaired) electrons. The Kier molecular flexibility index (Phi) is 7.59. The van der Waals surface area contributed by atoms with Gasteiger partial charge in [0.15, 0.2) is 17.5 Å². The minimum Gasteiger partial charge on any atom is -0.280 e. The van der Waals surface area contributed by atoms with E-state index >= 15 is 0 Å². The zero-order valence-electron chi connectivity index (χ0n) is 31.9. The third kappa shape index (κ3) is 5.43. The number of aryl methyl sites for hydroxylation is 2. The molecule has 1 aliphatic heterocycles. The molecule has 58 heavy (non-hydrogen) atoms. The van der Waals surface area contributed by atoms with Crippen molar-refractivity contribution in [1.82, 2.24) is 15.0 Å². The quantitative estimate of drug-likeness (QED) is 0.170. The predicted molar refractivity (Wildman–Crippen MR) is 234 cm³/mol. The van der Waals surface area contributed by atoms with Crippen LogP contribution in [0.15, 0.2) is 186 Å². The Bertz CT molecular complexity index is 2910. The van der Waals surface area contributed by atoms with Crippen LogP contribution in [0.4, 0.5) is 0 Å². The van der Waals surface area contributed by atoms with Crippen LogP contribution in [0.1, 0.15) is 39.3 Å². The Balaban J connectivity index is 0.904. The third-order valence-corrected chi connectivity index (χ3v) is 12.7. The fraction of sp³-hybridized carbons (Fsp3) is 0.111. The molecule has 0 spiro atoms. The average Bonchev–Trinajstić information content (AvgIpc) is 3.90. The van der Waals surface area contributed by atoms with Gasteiger partial charge in [0.25, 0.3) is 0 Å². The minimum atomic E-state index is 0.293. The highest BCUT2D eigenvalue weighted by molar-refractivity contribution is 6.20. The van der Waals surface area contributed by atoms with Crippen molar-refractivity contribution in [3.63, 3.8) is 0 Å². The Labute approximate surface area is 338 Å². The van der Waals surface area contributed by atoms with Gasteiger partial charge in [-0.1, -0.05) is 170 Å². The Morgan fingerprint density at radius 2 is 0.948 bits per heavy atom. The lowest BCUT2D eigenvalue weighted by atomic mass is 9.80. The van der Waals surface area contributed by atoms with Crippen LogP contribution in [-0.4, -0.2) is 26.7 Å². The number of aliphatic imine (C=N–C) groups is 1. The molecule has 7 aromatic carbocycles. The zero-order chi connectivity index (χ0) is 38.2. The summed E-state index contributed by atoms with van der Waals surface area (Å²) < 4.78 is 0. The van der Waals surface area contributed by atoms with Gasteiger partial charge in [-0.3, -0.25) is 4.99 Å². The van der Waals surface area contributed by atoms with Gasteiger partial charge in [-0.15, -0.1) is 0 Å². The van der Waals surface area contributed by atoms with Crippen LogP contribution in [0.3, 0.4) is 0 Å². The number of hydrogen-bond donors (Lipinski definition) is 0. The number of dihydropyridines is 1. The Morgan fingerprint density at radius 3 is 1.66 bits per heavy atom. The largest absolute Gasteiger partial charge is 0.280 e. The first-order valence-electron chi connectivity index (χ1n) is 20.4. The minimum absolute atomic E-state index is 0.293. The maximum absolute atomic E-state index is 5.59. The highest BCUT2D eigenvalue weighted by atomic mass is 15.0. The molecule has 0 amide bonds. The summed E-state index contributed by atoms with van der Waals surface area (Å²) in [5.41, 5.74) is 20.5. The van der Waals surface area contributed by atoms with Crippen molar-refractivity contribution in [2.75, 3.05) is 0 Å². The molecule has 1 fully saturated rings. The van der Waals surface area contributed by atoms with E-state index in [0.29, 0.717) is 35.4 Å². The van der Waals surface area contributed by atoms with E-state index in [1.54, 1.807) is 0 Å². The normalized spacial score (nSPS) is 18.3. The molecule has 3 unspecified atom stereocenters. The number of hydrogen-bond acceptors (Lipinski definition) is 4. The number of benzene rings is 7. The SMILES string of the molecule is c1ccc(-c2nc(-c3ccccc3)nc(-c3ccc(-c4cccc5c4-c4ccc(C6=NC7C(C8=C6Cc6ccccc68)C7c6ccccc6)cc4CC5)cc3)n2)cc1. The lowest BCUT2D eigenvalue weighted by Crippen LogP contribution is -2.14. The van der Waals surface area contributed by atoms with Crippen molar-refractivity contribution in [3.05, 3.63) is 215 Å². The molecule has 2 heterocycles. The van der Waals surface area contributed by atoms with E-state index in [9.17, 15) is 0 Å². The molecule has 4 heteroatoms. The van der Waals surface area contributed by atoms with Gasteiger partial charge < -0.3 is 0 Å². The lowest BCUT2D eigenvalue weighted by molar-refractivity contribution is 0.940.